The fraction of sp³-hybridized carbons (Fsp3) is 0.400. The first-order chi connectivity index (χ1) is 7.24. The van der Waals surface area contributed by atoms with E-state index in [2.05, 4.69) is 16.9 Å². The van der Waals surface area contributed by atoms with E-state index in [0.717, 1.165) is 30.4 Å². The molecule has 0 aliphatic carbocycles. The summed E-state index contributed by atoms with van der Waals surface area (Å²) in [6.07, 6.45) is 3.86. The van der Waals surface area contributed by atoms with E-state index < -0.39 is 0 Å². The molecule has 0 atom stereocenters. The lowest BCUT2D eigenvalue weighted by atomic mass is 10.3. The Morgan fingerprint density at radius 3 is 3.07 bits per heavy atom. The molecular formula is C10H13N3OS. The fourth-order valence-electron chi connectivity index (χ4n) is 1.64. The number of unbranched alkanes of at least 4 members (excludes halogenated alkanes) is 1. The second kappa shape index (κ2) is 4.02. The Hall–Kier alpha value is -1.36. The van der Waals surface area contributed by atoms with Crippen molar-refractivity contribution >= 4 is 23.3 Å². The van der Waals surface area contributed by atoms with Crippen molar-refractivity contribution in [2.45, 2.75) is 26.3 Å². The summed E-state index contributed by atoms with van der Waals surface area (Å²) in [5.41, 5.74) is 1.60. The molecule has 2 aromatic heterocycles. The van der Waals surface area contributed by atoms with Crippen LogP contribution in [0.5, 0.6) is 0 Å². The van der Waals surface area contributed by atoms with Gasteiger partial charge < -0.3 is 4.98 Å². The molecule has 2 heterocycles. The summed E-state index contributed by atoms with van der Waals surface area (Å²) in [6.45, 7) is 2.83. The average molecular weight is 223 g/mol. The Bertz CT molecular complexity index is 578. The summed E-state index contributed by atoms with van der Waals surface area (Å²) < 4.78 is 2.21. The molecule has 0 saturated carbocycles. The summed E-state index contributed by atoms with van der Waals surface area (Å²) in [6, 6.07) is 1.88. The highest BCUT2D eigenvalue weighted by atomic mass is 32.1. The minimum atomic E-state index is -0.124. The van der Waals surface area contributed by atoms with Gasteiger partial charge in [-0.1, -0.05) is 25.6 Å². The van der Waals surface area contributed by atoms with Gasteiger partial charge in [-0.3, -0.25) is 9.55 Å². The minimum Gasteiger partial charge on any atom is -0.358 e. The maximum atomic E-state index is 11.7. The maximum absolute atomic E-state index is 11.7. The van der Waals surface area contributed by atoms with Gasteiger partial charge in [0.25, 0.3) is 0 Å². The number of aromatic nitrogens is 3. The Labute approximate surface area is 92.0 Å². The number of hydrogen-bond donors (Lipinski definition) is 2. The second-order valence-electron chi connectivity index (χ2n) is 3.50. The van der Waals surface area contributed by atoms with E-state index in [1.165, 1.54) is 0 Å². The first-order valence-electron chi connectivity index (χ1n) is 5.04. The van der Waals surface area contributed by atoms with Crippen molar-refractivity contribution in [2.75, 3.05) is 0 Å². The quantitative estimate of drug-likeness (QED) is 0.784. The van der Waals surface area contributed by atoms with Crippen LogP contribution in [0.25, 0.3) is 11.0 Å². The van der Waals surface area contributed by atoms with Crippen molar-refractivity contribution in [3.05, 3.63) is 27.4 Å². The molecule has 80 valence electrons. The zero-order chi connectivity index (χ0) is 10.8. The van der Waals surface area contributed by atoms with Crippen LogP contribution in [0.4, 0.5) is 0 Å². The van der Waals surface area contributed by atoms with Gasteiger partial charge in [-0.25, -0.2) is 4.79 Å². The van der Waals surface area contributed by atoms with Crippen molar-refractivity contribution in [3.63, 3.8) is 0 Å². The van der Waals surface area contributed by atoms with E-state index in [4.69, 9.17) is 12.2 Å². The van der Waals surface area contributed by atoms with Gasteiger partial charge in [0.05, 0.1) is 11.0 Å². The maximum Gasteiger partial charge on any atom is 0.327 e. The SMILES string of the molecule is CCCCn1c(=O)[nH]c(=S)c2[nH]ccc21. The van der Waals surface area contributed by atoms with Gasteiger partial charge in [-0.15, -0.1) is 0 Å². The summed E-state index contributed by atoms with van der Waals surface area (Å²) in [4.78, 5) is 17.4. The summed E-state index contributed by atoms with van der Waals surface area (Å²) >= 11 is 5.07. The fourth-order valence-corrected chi connectivity index (χ4v) is 1.89. The molecule has 2 aromatic rings. The molecule has 5 heteroatoms. The number of hydrogen-bond acceptors (Lipinski definition) is 2. The standard InChI is InChI=1S/C10H13N3OS/c1-2-3-6-13-7-4-5-11-8(7)9(15)12-10(13)14/h4-5,11H,2-3,6H2,1H3,(H,12,14,15). The average Bonchev–Trinajstić information content (AvgIpc) is 2.66. The molecule has 0 spiro atoms. The second-order valence-corrected chi connectivity index (χ2v) is 3.91. The molecule has 0 saturated heterocycles. The van der Waals surface area contributed by atoms with Crippen molar-refractivity contribution in [1.29, 1.82) is 0 Å². The van der Waals surface area contributed by atoms with Crippen LogP contribution in [-0.4, -0.2) is 14.5 Å². The van der Waals surface area contributed by atoms with Crippen LogP contribution < -0.4 is 5.69 Å². The van der Waals surface area contributed by atoms with Gasteiger partial charge in [0.2, 0.25) is 0 Å². The van der Waals surface area contributed by atoms with E-state index in [-0.39, 0.29) is 5.69 Å². The first-order valence-corrected chi connectivity index (χ1v) is 5.45. The number of nitrogens with one attached hydrogen (secondary N) is 2. The first kappa shape index (κ1) is 10.2. The molecule has 0 aliphatic heterocycles. The topological polar surface area (TPSA) is 53.6 Å². The van der Waals surface area contributed by atoms with Crippen LogP contribution in [0, 0.1) is 4.64 Å². The number of H-pyrrole nitrogens is 2. The smallest absolute Gasteiger partial charge is 0.327 e. The number of rotatable bonds is 3. The number of aromatic amines is 2. The van der Waals surface area contributed by atoms with Gasteiger partial charge >= 0.3 is 5.69 Å². The van der Waals surface area contributed by atoms with Gasteiger partial charge in [0.15, 0.2) is 0 Å². The van der Waals surface area contributed by atoms with Crippen LogP contribution in [0.2, 0.25) is 0 Å². The van der Waals surface area contributed by atoms with E-state index in [1.807, 2.05) is 6.07 Å². The molecule has 0 fully saturated rings. The highest BCUT2D eigenvalue weighted by molar-refractivity contribution is 7.71. The van der Waals surface area contributed by atoms with Crippen LogP contribution in [-0.2, 0) is 6.54 Å². The van der Waals surface area contributed by atoms with Crippen molar-refractivity contribution in [2.24, 2.45) is 0 Å². The van der Waals surface area contributed by atoms with Crippen molar-refractivity contribution in [3.8, 4) is 0 Å². The molecule has 0 radical (unpaired) electrons. The highest BCUT2D eigenvalue weighted by Crippen LogP contribution is 2.10. The van der Waals surface area contributed by atoms with Gasteiger partial charge in [0.1, 0.15) is 4.64 Å². The minimum absolute atomic E-state index is 0.124. The molecule has 2 N–H and O–H groups in total. The molecule has 2 rings (SSSR count). The number of nitrogens with zero attached hydrogens (tertiary/aromatic N) is 1. The van der Waals surface area contributed by atoms with Crippen LogP contribution in [0.15, 0.2) is 17.1 Å². The number of aryl methyl sites for hydroxylation is 1. The van der Waals surface area contributed by atoms with E-state index in [9.17, 15) is 4.79 Å². The van der Waals surface area contributed by atoms with Crippen molar-refractivity contribution < 1.29 is 0 Å². The molecule has 0 aromatic carbocycles. The van der Waals surface area contributed by atoms with E-state index in [1.54, 1.807) is 10.8 Å². The predicted molar refractivity (Wildman–Crippen MR) is 62.7 cm³/mol. The zero-order valence-corrected chi connectivity index (χ0v) is 9.36. The third-order valence-corrected chi connectivity index (χ3v) is 2.75. The van der Waals surface area contributed by atoms with Gasteiger partial charge in [-0.2, -0.15) is 0 Å². The van der Waals surface area contributed by atoms with Crippen LogP contribution >= 0.6 is 12.2 Å². The van der Waals surface area contributed by atoms with E-state index >= 15 is 0 Å². The molecule has 0 aliphatic rings. The normalized spacial score (nSPS) is 11.0. The highest BCUT2D eigenvalue weighted by Gasteiger charge is 2.04. The molecule has 15 heavy (non-hydrogen) atoms. The molecule has 0 unspecified atom stereocenters. The summed E-state index contributed by atoms with van der Waals surface area (Å²) in [5, 5.41) is 0. The lowest BCUT2D eigenvalue weighted by Gasteiger charge is -2.05. The zero-order valence-electron chi connectivity index (χ0n) is 8.54. The van der Waals surface area contributed by atoms with Gasteiger partial charge in [0, 0.05) is 12.7 Å². The monoisotopic (exact) mass is 223 g/mol. The summed E-state index contributed by atoms with van der Waals surface area (Å²) in [5.74, 6) is 0. The lowest BCUT2D eigenvalue weighted by Crippen LogP contribution is -2.23. The molecule has 0 amide bonds. The number of fused-ring (bicyclic) bond motifs is 1. The Morgan fingerprint density at radius 1 is 1.53 bits per heavy atom. The Morgan fingerprint density at radius 2 is 2.33 bits per heavy atom. The molecular weight excluding hydrogens is 210 g/mol. The van der Waals surface area contributed by atoms with Crippen LogP contribution in [0.1, 0.15) is 19.8 Å². The summed E-state index contributed by atoms with van der Waals surface area (Å²) in [7, 11) is 0. The molecule has 0 bridgehead atoms. The van der Waals surface area contributed by atoms with E-state index in [0.29, 0.717) is 4.64 Å². The van der Waals surface area contributed by atoms with Gasteiger partial charge in [-0.05, 0) is 12.5 Å². The third-order valence-electron chi connectivity index (χ3n) is 2.44. The molecule has 4 nitrogen and oxygen atoms in total. The Kier molecular flexibility index (Phi) is 2.73. The third kappa shape index (κ3) is 1.74. The lowest BCUT2D eigenvalue weighted by molar-refractivity contribution is 0.618. The van der Waals surface area contributed by atoms with Crippen LogP contribution in [0.3, 0.4) is 0 Å². The largest absolute Gasteiger partial charge is 0.358 e. The Balaban J connectivity index is 2.66. The predicted octanol–water partition coefficient (Wildman–Crippen LogP) is 2.19. The van der Waals surface area contributed by atoms with Crippen molar-refractivity contribution in [1.82, 2.24) is 14.5 Å².